The van der Waals surface area contributed by atoms with Crippen LogP contribution in [0.5, 0.6) is 0 Å². The van der Waals surface area contributed by atoms with E-state index in [4.69, 9.17) is 24.2 Å². The molecule has 1 unspecified atom stereocenters. The minimum Gasteiger partial charge on any atom is -0.383 e. The maximum Gasteiger partial charge on any atom is 0.262 e. The van der Waals surface area contributed by atoms with E-state index in [1.165, 1.54) is 31.4 Å². The van der Waals surface area contributed by atoms with Gasteiger partial charge in [-0.1, -0.05) is 18.6 Å². The molecule has 7 amide bonds. The summed E-state index contributed by atoms with van der Waals surface area (Å²) in [5.41, 5.74) is 5.74. The zero-order valence-corrected chi connectivity index (χ0v) is 49.1. The highest BCUT2D eigenvalue weighted by atomic mass is 19.1. The quantitative estimate of drug-likeness (QED) is 0.0396. The number of halogens is 1. The van der Waals surface area contributed by atoms with Crippen LogP contribution >= 0.6 is 0 Å². The van der Waals surface area contributed by atoms with Crippen LogP contribution in [0.2, 0.25) is 0 Å². The first kappa shape index (κ1) is 59.1. The first-order chi connectivity index (χ1) is 41.0. The molecule has 2 aromatic heterocycles. The minimum atomic E-state index is -1.03. The number of nitrogens with one attached hydrogen (secondary N) is 4. The van der Waals surface area contributed by atoms with Crippen LogP contribution in [0.4, 0.5) is 27.3 Å². The molecule has 1 aliphatic carbocycles. The van der Waals surface area contributed by atoms with Gasteiger partial charge >= 0.3 is 0 Å². The van der Waals surface area contributed by atoms with Crippen molar-refractivity contribution >= 4 is 75.3 Å². The number of piperidine rings is 3. The van der Waals surface area contributed by atoms with Crippen molar-refractivity contribution in [1.29, 1.82) is 0 Å². The zero-order valence-electron chi connectivity index (χ0n) is 49.1. The smallest absolute Gasteiger partial charge is 0.262 e. The largest absolute Gasteiger partial charge is 0.383 e. The Morgan fingerprint density at radius 1 is 0.800 bits per heavy atom. The Balaban J connectivity index is 0.682. The molecule has 21 nitrogen and oxygen atoms in total. The van der Waals surface area contributed by atoms with Crippen LogP contribution in [0, 0.1) is 12.7 Å². The number of amides is 7. The number of aryl methyl sites for hydroxylation is 1. The number of hydrogen-bond acceptors (Lipinski definition) is 15. The highest BCUT2D eigenvalue weighted by Crippen LogP contribution is 2.52. The lowest BCUT2D eigenvalue weighted by Gasteiger charge is -2.48. The maximum absolute atomic E-state index is 15.9. The maximum atomic E-state index is 15.9. The van der Waals surface area contributed by atoms with Crippen molar-refractivity contribution in [3.8, 4) is 11.3 Å². The molecular formula is C63H76FN11O10. The Labute approximate surface area is 493 Å². The van der Waals surface area contributed by atoms with Crippen molar-refractivity contribution < 1.29 is 52.2 Å². The summed E-state index contributed by atoms with van der Waals surface area (Å²) in [5, 5.41) is 11.6. The Hall–Kier alpha value is -7.66. The van der Waals surface area contributed by atoms with Gasteiger partial charge in [-0.2, -0.15) is 0 Å². The van der Waals surface area contributed by atoms with E-state index in [0.717, 1.165) is 47.6 Å². The van der Waals surface area contributed by atoms with E-state index in [-0.39, 0.29) is 78.5 Å². The number of anilines is 4. The summed E-state index contributed by atoms with van der Waals surface area (Å²) in [7, 11) is 0. The number of ether oxygens (including phenoxy) is 3. The predicted octanol–water partition coefficient (Wildman–Crippen LogP) is 7.19. The van der Waals surface area contributed by atoms with Gasteiger partial charge in [-0.25, -0.2) is 14.4 Å². The van der Waals surface area contributed by atoms with E-state index in [9.17, 15) is 28.8 Å². The SMILES string of the molecule is Cc1cc(F)c(Nc2nc(-c3ccc4c(c3)N(C3CC(N5CCCCC5)C3)C(=O)C43CCN(C(=O)CCOCCOCCOCCNc4ccc5c(c4)C(=O)N(C4CCC(=O)NC4=O)C5=O)CC3)cc3ncn(C(C)C)c23)cc1C(=O)NC(C)C. The number of rotatable bonds is 22. The fourth-order valence-electron chi connectivity index (χ4n) is 13.0. The summed E-state index contributed by atoms with van der Waals surface area (Å²) in [6.45, 7) is 14.9. The first-order valence-corrected chi connectivity index (χ1v) is 30.1. The lowest BCUT2D eigenvalue weighted by atomic mass is 9.73. The molecule has 85 heavy (non-hydrogen) atoms. The third-order valence-electron chi connectivity index (χ3n) is 17.6. The normalized spacial score (nSPS) is 20.4. The van der Waals surface area contributed by atoms with Crippen LogP contribution in [0.25, 0.3) is 22.3 Å². The molecule has 4 fully saturated rings. The van der Waals surface area contributed by atoms with E-state index >= 15 is 9.18 Å². The second-order valence-corrected chi connectivity index (χ2v) is 23.8. The molecule has 0 bridgehead atoms. The lowest BCUT2D eigenvalue weighted by Crippen LogP contribution is -2.58. The highest BCUT2D eigenvalue weighted by Gasteiger charge is 2.56. The molecule has 1 atom stereocenters. The molecular weight excluding hydrogens is 1090 g/mol. The summed E-state index contributed by atoms with van der Waals surface area (Å²) >= 11 is 0. The summed E-state index contributed by atoms with van der Waals surface area (Å²) in [6, 6.07) is 15.1. The number of likely N-dealkylation sites (tertiary alicyclic amines) is 2. The average Bonchev–Trinajstić information content (AvgIpc) is 1.88. The summed E-state index contributed by atoms with van der Waals surface area (Å²) in [4.78, 5) is 110. The summed E-state index contributed by atoms with van der Waals surface area (Å²) in [5.74, 6) is -2.60. The molecule has 0 radical (unpaired) electrons. The number of imide groups is 2. The fraction of sp³-hybridized carbons (Fsp3) is 0.508. The molecule has 1 saturated carbocycles. The van der Waals surface area contributed by atoms with Crippen LogP contribution in [-0.4, -0.2) is 167 Å². The topological polar surface area (TPSA) is 239 Å². The van der Waals surface area contributed by atoms with Crippen molar-refractivity contribution in [2.75, 3.05) is 87.9 Å². The van der Waals surface area contributed by atoms with Crippen LogP contribution < -0.4 is 26.2 Å². The van der Waals surface area contributed by atoms with Gasteiger partial charge in [0, 0.05) is 72.7 Å². The van der Waals surface area contributed by atoms with Crippen molar-refractivity contribution in [3.63, 3.8) is 0 Å². The van der Waals surface area contributed by atoms with E-state index in [0.29, 0.717) is 111 Å². The van der Waals surface area contributed by atoms with Crippen LogP contribution in [0.15, 0.2) is 60.9 Å². The van der Waals surface area contributed by atoms with Crippen molar-refractivity contribution in [3.05, 3.63) is 94.6 Å². The van der Waals surface area contributed by atoms with E-state index in [1.54, 1.807) is 31.5 Å². The number of imidazole rings is 1. The van der Waals surface area contributed by atoms with Gasteiger partial charge in [-0.3, -0.25) is 43.8 Å². The number of nitrogens with zero attached hydrogens (tertiary/aromatic N) is 7. The zero-order chi connectivity index (χ0) is 59.7. The Kier molecular flexibility index (Phi) is 17.5. The number of pyridine rings is 1. The number of aromatic nitrogens is 3. The molecule has 3 saturated heterocycles. The average molecular weight is 1170 g/mol. The standard InChI is InChI=1S/C63H76FN11O10/c1-37(2)67-58(78)45-34-50(48(64)29-39(45)5)69-57-56-51(66-36-73(56)38(3)4)35-49(68-57)40-9-12-47-53(30-40)74(43-32-42(33-43)71-19-7-6-8-20-71)62(82)63(47)16-21-72(22-17-63)55(77)15-23-83-25-27-85-28-26-84-24-18-65-41-10-11-44-46(31-41)61(81)75(60(44)80)52-13-14-54(76)70-59(52)79/h9-12,29-31,34-38,42-43,52,65H,6-8,13-28,32-33H2,1-5H3,(H,67,78)(H,68,69)(H,70,76,79). The second kappa shape index (κ2) is 25.1. The minimum absolute atomic E-state index is 0.00709. The number of hydrogen-bond donors (Lipinski definition) is 4. The van der Waals surface area contributed by atoms with Crippen LogP contribution in [0.3, 0.4) is 0 Å². The van der Waals surface area contributed by atoms with E-state index in [2.05, 4.69) is 43.2 Å². The molecule has 1 spiro atoms. The molecule has 450 valence electrons. The molecule has 7 heterocycles. The molecule has 11 rings (SSSR count). The van der Waals surface area contributed by atoms with Gasteiger partial charge in [-0.15, -0.1) is 0 Å². The summed E-state index contributed by atoms with van der Waals surface area (Å²) < 4.78 is 35.1. The lowest BCUT2D eigenvalue weighted by molar-refractivity contribution is -0.137. The number of benzene rings is 3. The number of carbonyl (C=O) groups excluding carboxylic acids is 7. The molecule has 3 aromatic carbocycles. The van der Waals surface area contributed by atoms with Crippen molar-refractivity contribution in [2.24, 2.45) is 0 Å². The third-order valence-corrected chi connectivity index (χ3v) is 17.6. The molecule has 4 N–H and O–H groups in total. The Morgan fingerprint density at radius 3 is 2.24 bits per heavy atom. The summed E-state index contributed by atoms with van der Waals surface area (Å²) in [6.07, 6.45) is 8.50. The second-order valence-electron chi connectivity index (χ2n) is 23.8. The highest BCUT2D eigenvalue weighted by molar-refractivity contribution is 6.24. The van der Waals surface area contributed by atoms with Crippen molar-refractivity contribution in [1.82, 2.24) is 39.9 Å². The monoisotopic (exact) mass is 1170 g/mol. The fourth-order valence-corrected chi connectivity index (χ4v) is 13.0. The van der Waals surface area contributed by atoms with Gasteiger partial charge in [0.1, 0.15) is 17.4 Å². The van der Waals surface area contributed by atoms with Crippen molar-refractivity contribution in [2.45, 2.75) is 134 Å². The molecule has 6 aliphatic rings. The third kappa shape index (κ3) is 12.0. The Morgan fingerprint density at radius 2 is 1.52 bits per heavy atom. The van der Waals surface area contributed by atoms with Gasteiger partial charge in [0.25, 0.3) is 17.7 Å². The van der Waals surface area contributed by atoms with Crippen LogP contribution in [0.1, 0.15) is 140 Å². The first-order valence-electron chi connectivity index (χ1n) is 30.1. The molecule has 22 heteroatoms. The Bertz CT molecular complexity index is 3420. The molecule has 5 aliphatic heterocycles. The van der Waals surface area contributed by atoms with Gasteiger partial charge in [0.2, 0.25) is 23.6 Å². The van der Waals surface area contributed by atoms with Gasteiger partial charge in [-0.05, 0) is 146 Å². The van der Waals surface area contributed by atoms with Gasteiger partial charge in [0.15, 0.2) is 5.82 Å². The van der Waals surface area contributed by atoms with Crippen LogP contribution in [-0.2, 0) is 38.8 Å². The number of fused-ring (bicyclic) bond motifs is 4. The van der Waals surface area contributed by atoms with Gasteiger partial charge in [0.05, 0.1) is 85.8 Å². The molecule has 5 aromatic rings. The van der Waals surface area contributed by atoms with E-state index in [1.807, 2.05) is 49.3 Å². The van der Waals surface area contributed by atoms with Gasteiger partial charge < -0.3 is 49.4 Å². The van der Waals surface area contributed by atoms with E-state index < -0.39 is 40.9 Å². The number of carbonyl (C=O) groups is 7. The predicted molar refractivity (Wildman–Crippen MR) is 316 cm³/mol.